The molecular weight excluding hydrogens is 609 g/mol. The number of rotatable bonds is 7. The zero-order valence-electron chi connectivity index (χ0n) is 33.5. The third-order valence-electron chi connectivity index (χ3n) is 11.5. The van der Waals surface area contributed by atoms with Crippen LogP contribution in [0.15, 0.2) is 60.7 Å². The average molecular weight is 675 g/mol. The van der Waals surface area contributed by atoms with Crippen LogP contribution in [0.4, 0.5) is 0 Å². The molecule has 2 saturated heterocycles. The number of nitrogens with zero attached hydrogens (tertiary/aromatic N) is 2. The van der Waals surface area contributed by atoms with Gasteiger partial charge in [0, 0.05) is 47.9 Å². The standard InChI is InChI=1S/C46H66N4/c1-43(2,3)33-23-31(24-34(27-33)44(4,5)6)39-19-17-37(47-39)29-49-21-13-15-41(49)42-16-14-22-50(42)30-38-18-20-40(48-38)32-25-35(45(7,8)9)28-36(26-32)46(10,11)12/h17-20,23-28,41-42,47-48H,13-16,21-22,29-30H2,1-12H3/t41-,42-/m0/s1. The van der Waals surface area contributed by atoms with Crippen LogP contribution in [-0.4, -0.2) is 44.9 Å². The van der Waals surface area contributed by atoms with Crippen molar-refractivity contribution >= 4 is 0 Å². The van der Waals surface area contributed by atoms with Crippen molar-refractivity contribution < 1.29 is 0 Å². The highest BCUT2D eigenvalue weighted by Gasteiger charge is 2.38. The molecule has 0 amide bonds. The second-order valence-electron chi connectivity index (χ2n) is 19.8. The maximum absolute atomic E-state index is 3.86. The van der Waals surface area contributed by atoms with E-state index in [4.69, 9.17) is 0 Å². The predicted molar refractivity (Wildman–Crippen MR) is 214 cm³/mol. The fourth-order valence-corrected chi connectivity index (χ4v) is 8.11. The molecule has 0 aliphatic carbocycles. The molecule has 4 heteroatoms. The Morgan fingerprint density at radius 3 is 1.10 bits per heavy atom. The Balaban J connectivity index is 1.17. The summed E-state index contributed by atoms with van der Waals surface area (Å²) in [6, 6.07) is 24.9. The van der Waals surface area contributed by atoms with E-state index in [2.05, 4.69) is 164 Å². The fourth-order valence-electron chi connectivity index (χ4n) is 8.11. The number of aromatic amines is 2. The number of H-pyrrole nitrogens is 2. The first kappa shape index (κ1) is 36.7. The molecule has 2 atom stereocenters. The lowest BCUT2D eigenvalue weighted by molar-refractivity contribution is 0.122. The topological polar surface area (TPSA) is 38.1 Å². The van der Waals surface area contributed by atoms with Crippen LogP contribution in [0.1, 0.15) is 142 Å². The van der Waals surface area contributed by atoms with Crippen molar-refractivity contribution in [2.45, 2.75) is 156 Å². The highest BCUT2D eigenvalue weighted by Crippen LogP contribution is 2.37. The molecule has 50 heavy (non-hydrogen) atoms. The number of benzene rings is 2. The van der Waals surface area contributed by atoms with Gasteiger partial charge in [0.2, 0.25) is 0 Å². The monoisotopic (exact) mass is 675 g/mol. The fraction of sp³-hybridized carbons (Fsp3) is 0.565. The summed E-state index contributed by atoms with van der Waals surface area (Å²) >= 11 is 0. The van der Waals surface area contributed by atoms with E-state index in [0.717, 1.165) is 13.1 Å². The Labute approximate surface area is 304 Å². The molecule has 2 aromatic heterocycles. The molecule has 2 N–H and O–H groups in total. The van der Waals surface area contributed by atoms with E-state index < -0.39 is 0 Å². The molecule has 2 fully saturated rings. The minimum Gasteiger partial charge on any atom is -0.357 e. The Morgan fingerprint density at radius 1 is 0.480 bits per heavy atom. The Bertz CT molecular complexity index is 1580. The van der Waals surface area contributed by atoms with Gasteiger partial charge in [-0.05, 0) is 142 Å². The van der Waals surface area contributed by atoms with Gasteiger partial charge in [0.05, 0.1) is 0 Å². The van der Waals surface area contributed by atoms with E-state index in [0.29, 0.717) is 12.1 Å². The van der Waals surface area contributed by atoms with Crippen LogP contribution >= 0.6 is 0 Å². The summed E-state index contributed by atoms with van der Waals surface area (Å²) in [6.07, 6.45) is 5.17. The second-order valence-corrected chi connectivity index (χ2v) is 19.8. The lowest BCUT2D eigenvalue weighted by atomic mass is 9.79. The average Bonchev–Trinajstić information content (AvgIpc) is 3.84. The van der Waals surface area contributed by atoms with E-state index in [1.807, 2.05) is 0 Å². The number of likely N-dealkylation sites (tertiary alicyclic amines) is 2. The second kappa shape index (κ2) is 13.5. The molecule has 0 spiro atoms. The zero-order valence-corrected chi connectivity index (χ0v) is 33.5. The van der Waals surface area contributed by atoms with Gasteiger partial charge in [0.1, 0.15) is 0 Å². The largest absolute Gasteiger partial charge is 0.357 e. The van der Waals surface area contributed by atoms with Gasteiger partial charge in [-0.1, -0.05) is 95.2 Å². The normalized spacial score (nSPS) is 19.9. The summed E-state index contributed by atoms with van der Waals surface area (Å²) in [5.74, 6) is 0. The van der Waals surface area contributed by atoms with Crippen LogP contribution in [0.3, 0.4) is 0 Å². The van der Waals surface area contributed by atoms with Crippen LogP contribution in [0.2, 0.25) is 0 Å². The summed E-state index contributed by atoms with van der Waals surface area (Å²) in [5, 5.41) is 0. The SMILES string of the molecule is CC(C)(C)c1cc(-c2ccc(CN3CCC[C@H]3[C@@H]3CCCN3Cc3ccc(-c4cc(C(C)(C)C)cc(C(C)(C)C)c4)[nH]3)[nH]2)cc(C(C)(C)C)c1. The molecule has 0 radical (unpaired) electrons. The summed E-state index contributed by atoms with van der Waals surface area (Å²) in [4.78, 5) is 13.3. The first-order valence-corrected chi connectivity index (χ1v) is 19.4. The number of hydrogen-bond acceptors (Lipinski definition) is 2. The number of aromatic nitrogens is 2. The quantitative estimate of drug-likeness (QED) is 0.205. The van der Waals surface area contributed by atoms with Crippen molar-refractivity contribution in [1.82, 2.24) is 19.8 Å². The van der Waals surface area contributed by atoms with Crippen molar-refractivity contribution in [1.29, 1.82) is 0 Å². The smallest absolute Gasteiger partial charge is 0.0456 e. The van der Waals surface area contributed by atoms with Crippen LogP contribution in [0, 0.1) is 0 Å². The van der Waals surface area contributed by atoms with Gasteiger partial charge in [0.25, 0.3) is 0 Å². The van der Waals surface area contributed by atoms with Crippen molar-refractivity contribution in [3.8, 4) is 22.5 Å². The van der Waals surface area contributed by atoms with E-state index in [1.165, 1.54) is 94.9 Å². The molecule has 6 rings (SSSR count). The van der Waals surface area contributed by atoms with E-state index >= 15 is 0 Å². The third kappa shape index (κ3) is 8.18. The van der Waals surface area contributed by atoms with Gasteiger partial charge in [-0.25, -0.2) is 0 Å². The molecule has 2 aromatic carbocycles. The summed E-state index contributed by atoms with van der Waals surface area (Å²) in [5.41, 5.74) is 13.8. The molecule has 270 valence electrons. The maximum atomic E-state index is 3.86. The molecule has 2 aliphatic rings. The van der Waals surface area contributed by atoms with Crippen LogP contribution in [0.25, 0.3) is 22.5 Å². The van der Waals surface area contributed by atoms with Gasteiger partial charge < -0.3 is 9.97 Å². The lowest BCUT2D eigenvalue weighted by Crippen LogP contribution is -2.45. The van der Waals surface area contributed by atoms with Crippen LogP contribution in [0.5, 0.6) is 0 Å². The molecule has 4 nitrogen and oxygen atoms in total. The van der Waals surface area contributed by atoms with Crippen LogP contribution in [-0.2, 0) is 34.7 Å². The first-order valence-electron chi connectivity index (χ1n) is 19.4. The third-order valence-corrected chi connectivity index (χ3v) is 11.5. The highest BCUT2D eigenvalue weighted by atomic mass is 15.3. The number of hydrogen-bond donors (Lipinski definition) is 2. The minimum absolute atomic E-state index is 0.107. The Hall–Kier alpha value is -3.08. The predicted octanol–water partition coefficient (Wildman–Crippen LogP) is 11.5. The zero-order chi connectivity index (χ0) is 36.2. The van der Waals surface area contributed by atoms with E-state index in [1.54, 1.807) is 0 Å². The molecule has 0 saturated carbocycles. The molecular formula is C46H66N4. The van der Waals surface area contributed by atoms with Crippen molar-refractivity contribution in [2.75, 3.05) is 13.1 Å². The van der Waals surface area contributed by atoms with Gasteiger partial charge in [-0.2, -0.15) is 0 Å². The van der Waals surface area contributed by atoms with Crippen molar-refractivity contribution in [2.24, 2.45) is 0 Å². The summed E-state index contributed by atoms with van der Waals surface area (Å²) in [7, 11) is 0. The minimum atomic E-state index is 0.107. The van der Waals surface area contributed by atoms with Gasteiger partial charge in [-0.15, -0.1) is 0 Å². The van der Waals surface area contributed by atoms with Gasteiger partial charge in [0.15, 0.2) is 0 Å². The molecule has 2 aliphatic heterocycles. The van der Waals surface area contributed by atoms with Crippen LogP contribution < -0.4 is 0 Å². The van der Waals surface area contributed by atoms with E-state index in [9.17, 15) is 0 Å². The van der Waals surface area contributed by atoms with Gasteiger partial charge in [-0.3, -0.25) is 9.80 Å². The molecule has 0 unspecified atom stereocenters. The summed E-state index contributed by atoms with van der Waals surface area (Å²) < 4.78 is 0. The highest BCUT2D eigenvalue weighted by molar-refractivity contribution is 5.64. The molecule has 4 aromatic rings. The Morgan fingerprint density at radius 2 is 0.800 bits per heavy atom. The summed E-state index contributed by atoms with van der Waals surface area (Å²) in [6.45, 7) is 32.2. The molecule has 0 bridgehead atoms. The Kier molecular flexibility index (Phi) is 9.89. The van der Waals surface area contributed by atoms with Crippen molar-refractivity contribution in [3.05, 3.63) is 94.3 Å². The lowest BCUT2D eigenvalue weighted by Gasteiger charge is -2.34. The van der Waals surface area contributed by atoms with Gasteiger partial charge >= 0.3 is 0 Å². The number of nitrogens with one attached hydrogen (secondary N) is 2. The molecule has 4 heterocycles. The maximum Gasteiger partial charge on any atom is 0.0456 e. The first-order chi connectivity index (χ1) is 23.3. The van der Waals surface area contributed by atoms with Crippen molar-refractivity contribution in [3.63, 3.8) is 0 Å². The van der Waals surface area contributed by atoms with E-state index in [-0.39, 0.29) is 21.7 Å².